The molecule has 0 bridgehead atoms. The van der Waals surface area contributed by atoms with Crippen LogP contribution in [0.2, 0.25) is 0 Å². The first-order chi connectivity index (χ1) is 2.73. The van der Waals surface area contributed by atoms with Gasteiger partial charge in [0.15, 0.2) is 0 Å². The molecular formula is CMnO4Zn. The van der Waals surface area contributed by atoms with Crippen LogP contribution in [0.15, 0.2) is 0 Å². The molecule has 0 saturated heterocycles. The van der Waals surface area contributed by atoms with Crippen molar-refractivity contribution in [3.05, 3.63) is 0 Å². The number of carboxylic acid groups (broad SMARTS) is 2. The van der Waals surface area contributed by atoms with E-state index in [-0.39, 0.29) is 35.3 Å². The minimum atomic E-state index is -2.33. The van der Waals surface area contributed by atoms with E-state index in [4.69, 9.17) is 18.6 Å². The van der Waals surface area contributed by atoms with Gasteiger partial charge >= 0.3 is 38.9 Å². The molecule has 1 radical (unpaired) electrons. The standard InChI is InChI=1S/CH2O3.Mn.O.Zn/c2-1(3)4;;;/h(H2,2,3,4);;;/q;+2;;/p-2. The van der Waals surface area contributed by atoms with E-state index in [1.165, 1.54) is 0 Å². The molecule has 7 heavy (non-hydrogen) atoms. The Balaban J connectivity index is -0.0000000480. The monoisotopic (exact) mass is 195 g/mol. The van der Waals surface area contributed by atoms with Gasteiger partial charge in [0, 0.05) is 0 Å². The Kier molecular flexibility index (Phi) is 36.7. The first-order valence-corrected chi connectivity index (χ1v) is 2.11. The van der Waals surface area contributed by atoms with Gasteiger partial charge in [0.1, 0.15) is 0 Å². The van der Waals surface area contributed by atoms with Gasteiger partial charge in [0.05, 0.1) is 0 Å². The summed E-state index contributed by atoms with van der Waals surface area (Å²) in [5.41, 5.74) is 0. The molecule has 0 aliphatic heterocycles. The van der Waals surface area contributed by atoms with Gasteiger partial charge in [-0.25, -0.2) is 0 Å². The topological polar surface area (TPSA) is 80.3 Å². The predicted molar refractivity (Wildman–Crippen MR) is 6.08 cm³/mol. The summed E-state index contributed by atoms with van der Waals surface area (Å²) in [7, 11) is 0. The molecule has 0 N–H and O–H groups in total. The van der Waals surface area contributed by atoms with Gasteiger partial charge in [-0.2, -0.15) is 0 Å². The van der Waals surface area contributed by atoms with Gasteiger partial charge < -0.3 is 15.0 Å². The quantitative estimate of drug-likeness (QED) is 0.399. The molecule has 0 saturated carbocycles. The Morgan fingerprint density at radius 2 is 1.29 bits per heavy atom. The van der Waals surface area contributed by atoms with Gasteiger partial charge in [0.25, 0.3) is 0 Å². The van der Waals surface area contributed by atoms with Crippen molar-refractivity contribution < 1.29 is 53.9 Å². The summed E-state index contributed by atoms with van der Waals surface area (Å²) in [6, 6.07) is 0. The Hall–Kier alpha value is 0.213. The van der Waals surface area contributed by atoms with Crippen molar-refractivity contribution in [2.24, 2.45) is 0 Å². The van der Waals surface area contributed by atoms with Crippen LogP contribution in [-0.2, 0) is 38.9 Å². The third kappa shape index (κ3) is 2430. The average Bonchev–Trinajstić information content (AvgIpc) is 1.41. The molecule has 6 heteroatoms. The molecule has 4 nitrogen and oxygen atoms in total. The van der Waals surface area contributed by atoms with Crippen molar-refractivity contribution in [3.8, 4) is 0 Å². The van der Waals surface area contributed by atoms with Crippen LogP contribution in [0.1, 0.15) is 0 Å². The van der Waals surface area contributed by atoms with Gasteiger partial charge in [-0.1, -0.05) is 0 Å². The molecule has 0 aromatic carbocycles. The van der Waals surface area contributed by atoms with E-state index in [9.17, 15) is 0 Å². The Bertz CT molecular complexity index is 43.0. The van der Waals surface area contributed by atoms with Crippen LogP contribution in [0.25, 0.3) is 0 Å². The first-order valence-electron chi connectivity index (χ1n) is 0.901. The van der Waals surface area contributed by atoms with Crippen molar-refractivity contribution in [2.45, 2.75) is 0 Å². The number of rotatable bonds is 0. The summed E-state index contributed by atoms with van der Waals surface area (Å²) in [5, 5.41) is 16.7. The van der Waals surface area contributed by atoms with E-state index in [1.54, 1.807) is 0 Å². The SMILES string of the molecule is O=C([O-])[O-].[Mn+2].[O]=[Zn]. The molecule has 0 amide bonds. The first kappa shape index (κ1) is 15.7. The molecule has 0 heterocycles. The fourth-order valence-electron chi connectivity index (χ4n) is 0. The fourth-order valence-corrected chi connectivity index (χ4v) is 0. The van der Waals surface area contributed by atoms with Gasteiger partial charge in [0.2, 0.25) is 0 Å². The molecule has 37 valence electrons. The summed E-state index contributed by atoms with van der Waals surface area (Å²) in [6.45, 7) is 0. The van der Waals surface area contributed by atoms with E-state index in [0.717, 1.165) is 0 Å². The molecule has 0 rings (SSSR count). The maximum absolute atomic E-state index is 8.38. The normalized spacial score (nSPS) is 4.29. The second-order valence-electron chi connectivity index (χ2n) is 0.250. The molecule has 0 aromatic rings. The van der Waals surface area contributed by atoms with E-state index in [2.05, 4.69) is 0 Å². The van der Waals surface area contributed by atoms with Crippen LogP contribution in [0, 0.1) is 0 Å². The van der Waals surface area contributed by atoms with Crippen molar-refractivity contribution in [3.63, 3.8) is 0 Å². The zero-order chi connectivity index (χ0) is 5.58. The summed E-state index contributed by atoms with van der Waals surface area (Å²) in [5.74, 6) is 0. The van der Waals surface area contributed by atoms with Crippen LogP contribution in [0.3, 0.4) is 0 Å². The van der Waals surface area contributed by atoms with Gasteiger partial charge in [-0.05, 0) is 6.16 Å². The molecule has 0 unspecified atom stereocenters. The second kappa shape index (κ2) is 16.4. The Labute approximate surface area is 60.3 Å². The predicted octanol–water partition coefficient (Wildman–Crippen LogP) is -2.57. The molecule has 0 spiro atoms. The van der Waals surface area contributed by atoms with E-state index in [1.807, 2.05) is 0 Å². The Morgan fingerprint density at radius 1 is 1.29 bits per heavy atom. The van der Waals surface area contributed by atoms with Crippen molar-refractivity contribution in [1.29, 1.82) is 0 Å². The van der Waals surface area contributed by atoms with E-state index in [0.29, 0.717) is 0 Å². The van der Waals surface area contributed by atoms with Crippen molar-refractivity contribution >= 4 is 6.16 Å². The van der Waals surface area contributed by atoms with Gasteiger partial charge in [-0.15, -0.1) is 0 Å². The van der Waals surface area contributed by atoms with Crippen LogP contribution >= 0.6 is 0 Å². The maximum atomic E-state index is 8.38. The zero-order valence-electron chi connectivity index (χ0n) is 3.22. The minimum absolute atomic E-state index is 0. The zero-order valence-corrected chi connectivity index (χ0v) is 7.37. The van der Waals surface area contributed by atoms with Gasteiger partial charge in [-0.3, -0.25) is 0 Å². The molecule has 0 atom stereocenters. The van der Waals surface area contributed by atoms with Crippen molar-refractivity contribution in [2.75, 3.05) is 0 Å². The summed E-state index contributed by atoms with van der Waals surface area (Å²) in [6.07, 6.45) is -2.33. The number of carbonyl (C=O) groups is 1. The average molecular weight is 196 g/mol. The Morgan fingerprint density at radius 3 is 1.29 bits per heavy atom. The number of hydrogen-bond donors (Lipinski definition) is 0. The van der Waals surface area contributed by atoms with Crippen LogP contribution in [0.4, 0.5) is 4.79 Å². The summed E-state index contributed by atoms with van der Waals surface area (Å²) >= 11 is 0.125. The molecule has 0 fully saturated rings. The number of carbonyl (C=O) groups excluding carboxylic acids is 1. The molecule has 0 aromatic heterocycles. The van der Waals surface area contributed by atoms with Crippen LogP contribution in [0.5, 0.6) is 0 Å². The second-order valence-corrected chi connectivity index (χ2v) is 0.250. The summed E-state index contributed by atoms with van der Waals surface area (Å²) < 4.78 is 8.38. The number of hydrogen-bond acceptors (Lipinski definition) is 4. The third-order valence-electron chi connectivity index (χ3n) is 0. The van der Waals surface area contributed by atoms with E-state index < -0.39 is 6.16 Å². The fraction of sp³-hybridized carbons (Fsp3) is 0. The van der Waals surface area contributed by atoms with Crippen LogP contribution < -0.4 is 10.2 Å². The molecular weight excluding hydrogens is 196 g/mol. The van der Waals surface area contributed by atoms with E-state index >= 15 is 0 Å². The van der Waals surface area contributed by atoms with Crippen molar-refractivity contribution in [1.82, 2.24) is 0 Å². The molecule has 0 aliphatic rings. The summed E-state index contributed by atoms with van der Waals surface area (Å²) in [4.78, 5) is 8.33. The van der Waals surface area contributed by atoms with Crippen LogP contribution in [-0.4, -0.2) is 6.16 Å². The molecule has 0 aliphatic carbocycles. The third-order valence-corrected chi connectivity index (χ3v) is 0.